The van der Waals surface area contributed by atoms with E-state index in [1.165, 1.54) is 25.1 Å². The van der Waals surface area contributed by atoms with Crippen molar-refractivity contribution >= 4 is 5.91 Å². The molecule has 1 N–H and O–H groups in total. The van der Waals surface area contributed by atoms with Crippen LogP contribution in [0, 0.1) is 6.92 Å². The second-order valence-corrected chi connectivity index (χ2v) is 6.21. The summed E-state index contributed by atoms with van der Waals surface area (Å²) in [5, 5.41) is 6.54. The van der Waals surface area contributed by atoms with Crippen molar-refractivity contribution in [2.75, 3.05) is 26.2 Å². The molecule has 2 aromatic rings. The second kappa shape index (κ2) is 9.01. The number of carbonyl (C=O) groups is 1. The minimum absolute atomic E-state index is 0.196. The Morgan fingerprint density at radius 2 is 1.86 bits per heavy atom. The Kier molecular flexibility index (Phi) is 6.95. The molecule has 9 heteroatoms. The maximum atomic E-state index is 13.3. The summed E-state index contributed by atoms with van der Waals surface area (Å²) < 4.78 is 41.0. The van der Waals surface area contributed by atoms with Gasteiger partial charge in [-0.25, -0.2) is 4.68 Å². The third-order valence-electron chi connectivity index (χ3n) is 4.37. The van der Waals surface area contributed by atoms with Crippen LogP contribution in [0.15, 0.2) is 35.1 Å². The van der Waals surface area contributed by atoms with Gasteiger partial charge in [0.1, 0.15) is 0 Å². The molecule has 1 heterocycles. The van der Waals surface area contributed by atoms with Gasteiger partial charge in [0, 0.05) is 24.8 Å². The van der Waals surface area contributed by atoms with Crippen LogP contribution < -0.4 is 10.7 Å². The van der Waals surface area contributed by atoms with Crippen LogP contribution in [0.4, 0.5) is 13.2 Å². The second-order valence-electron chi connectivity index (χ2n) is 6.21. The van der Waals surface area contributed by atoms with Crippen LogP contribution in [0.5, 0.6) is 0 Å². The van der Waals surface area contributed by atoms with Crippen molar-refractivity contribution < 1.29 is 18.0 Å². The number of rotatable bonds is 7. The minimum Gasteiger partial charge on any atom is -0.349 e. The van der Waals surface area contributed by atoms with Gasteiger partial charge >= 0.3 is 6.18 Å². The van der Waals surface area contributed by atoms with Crippen LogP contribution in [0.2, 0.25) is 0 Å². The number of nitrogens with one attached hydrogen (secondary N) is 1. The van der Waals surface area contributed by atoms with Crippen LogP contribution in [0.3, 0.4) is 0 Å². The van der Waals surface area contributed by atoms with Crippen molar-refractivity contribution in [1.82, 2.24) is 20.0 Å². The van der Waals surface area contributed by atoms with Gasteiger partial charge in [-0.2, -0.15) is 18.3 Å². The third-order valence-corrected chi connectivity index (χ3v) is 4.37. The lowest BCUT2D eigenvalue weighted by Gasteiger charge is -2.18. The standard InChI is InChI=1S/C19H23F3N4O2/c1-4-25(5-2)11-10-23-18(28)17-16(27)12-13(3)26(24-17)15-9-7-6-8-14(15)19(20,21)22/h6-9,12H,4-5,10-11H2,1-3H3,(H,23,28). The van der Waals surface area contributed by atoms with E-state index in [-0.39, 0.29) is 11.4 Å². The molecule has 1 aromatic carbocycles. The molecule has 0 aliphatic heterocycles. The first-order valence-corrected chi connectivity index (χ1v) is 8.97. The highest BCUT2D eigenvalue weighted by Crippen LogP contribution is 2.33. The van der Waals surface area contributed by atoms with Gasteiger partial charge in [0.2, 0.25) is 5.43 Å². The maximum absolute atomic E-state index is 13.3. The molecule has 1 amide bonds. The quantitative estimate of drug-likeness (QED) is 0.781. The SMILES string of the molecule is CCN(CC)CCNC(=O)c1nn(-c2ccccc2C(F)(F)F)c(C)cc1=O. The first-order chi connectivity index (χ1) is 13.2. The fourth-order valence-electron chi connectivity index (χ4n) is 2.80. The molecule has 0 saturated carbocycles. The fraction of sp³-hybridized carbons (Fsp3) is 0.421. The summed E-state index contributed by atoms with van der Waals surface area (Å²) >= 11 is 0. The van der Waals surface area contributed by atoms with Crippen LogP contribution in [-0.2, 0) is 6.18 Å². The Hall–Kier alpha value is -2.68. The molecule has 0 radical (unpaired) electrons. The van der Waals surface area contributed by atoms with Gasteiger partial charge in [-0.1, -0.05) is 26.0 Å². The summed E-state index contributed by atoms with van der Waals surface area (Å²) in [6.07, 6.45) is -4.60. The number of halogens is 3. The van der Waals surface area contributed by atoms with E-state index in [0.29, 0.717) is 13.1 Å². The number of hydrogen-bond donors (Lipinski definition) is 1. The highest BCUT2D eigenvalue weighted by molar-refractivity contribution is 5.92. The summed E-state index contributed by atoms with van der Waals surface area (Å²) in [5.74, 6) is -0.713. The zero-order valence-electron chi connectivity index (χ0n) is 16.0. The smallest absolute Gasteiger partial charge is 0.349 e. The number of amides is 1. The fourth-order valence-corrected chi connectivity index (χ4v) is 2.80. The highest BCUT2D eigenvalue weighted by atomic mass is 19.4. The molecule has 2 rings (SSSR count). The average molecular weight is 396 g/mol. The number of hydrogen-bond acceptors (Lipinski definition) is 4. The summed E-state index contributed by atoms with van der Waals surface area (Å²) in [6, 6.07) is 5.99. The maximum Gasteiger partial charge on any atom is 0.418 e. The number of alkyl halides is 3. The van der Waals surface area contributed by atoms with Crippen molar-refractivity contribution in [3.8, 4) is 5.69 Å². The molecule has 0 saturated heterocycles. The van der Waals surface area contributed by atoms with Crippen molar-refractivity contribution in [2.24, 2.45) is 0 Å². The predicted molar refractivity (Wildman–Crippen MR) is 99.7 cm³/mol. The Bertz CT molecular complexity index is 889. The monoisotopic (exact) mass is 396 g/mol. The first-order valence-electron chi connectivity index (χ1n) is 8.97. The number of para-hydroxylation sites is 1. The zero-order chi connectivity index (χ0) is 20.9. The average Bonchev–Trinajstić information content (AvgIpc) is 2.64. The third kappa shape index (κ3) is 4.98. The Labute approximate surface area is 161 Å². The van der Waals surface area contributed by atoms with Crippen molar-refractivity contribution in [2.45, 2.75) is 26.9 Å². The molecule has 0 aliphatic rings. The topological polar surface area (TPSA) is 67.2 Å². The van der Waals surface area contributed by atoms with Gasteiger partial charge in [-0.05, 0) is 32.1 Å². The van der Waals surface area contributed by atoms with E-state index < -0.39 is 28.8 Å². The molecule has 28 heavy (non-hydrogen) atoms. The lowest BCUT2D eigenvalue weighted by atomic mass is 10.1. The van der Waals surface area contributed by atoms with Crippen molar-refractivity contribution in [3.05, 3.63) is 57.5 Å². The lowest BCUT2D eigenvalue weighted by molar-refractivity contribution is -0.137. The summed E-state index contributed by atoms with van der Waals surface area (Å²) in [4.78, 5) is 26.6. The molecular formula is C19H23F3N4O2. The van der Waals surface area contributed by atoms with Crippen molar-refractivity contribution in [1.29, 1.82) is 0 Å². The van der Waals surface area contributed by atoms with E-state index in [1.54, 1.807) is 0 Å². The van der Waals surface area contributed by atoms with Crippen LogP contribution in [0.25, 0.3) is 5.69 Å². The van der Waals surface area contributed by atoms with E-state index in [1.807, 2.05) is 13.8 Å². The van der Waals surface area contributed by atoms with E-state index >= 15 is 0 Å². The van der Waals surface area contributed by atoms with E-state index in [0.717, 1.165) is 29.9 Å². The summed E-state index contributed by atoms with van der Waals surface area (Å²) in [5.41, 5.74) is -2.03. The molecular weight excluding hydrogens is 373 g/mol. The van der Waals surface area contributed by atoms with E-state index in [2.05, 4.69) is 15.3 Å². The molecule has 6 nitrogen and oxygen atoms in total. The lowest BCUT2D eigenvalue weighted by Crippen LogP contribution is -2.37. The van der Waals surface area contributed by atoms with Gasteiger partial charge in [0.15, 0.2) is 5.69 Å². The molecule has 0 unspecified atom stereocenters. The first kappa shape index (κ1) is 21.6. The molecule has 0 atom stereocenters. The minimum atomic E-state index is -4.60. The molecule has 0 aliphatic carbocycles. The van der Waals surface area contributed by atoms with E-state index in [4.69, 9.17) is 0 Å². The predicted octanol–water partition coefficient (Wildman–Crippen LogP) is 2.63. The number of aromatic nitrogens is 2. The summed E-state index contributed by atoms with van der Waals surface area (Å²) in [6.45, 7) is 7.97. The molecule has 0 fully saturated rings. The largest absolute Gasteiger partial charge is 0.418 e. The van der Waals surface area contributed by atoms with E-state index in [9.17, 15) is 22.8 Å². The van der Waals surface area contributed by atoms with Crippen LogP contribution >= 0.6 is 0 Å². The number of aryl methyl sites for hydroxylation is 1. The normalized spacial score (nSPS) is 11.7. The Balaban J connectivity index is 2.36. The van der Waals surface area contributed by atoms with Gasteiger partial charge < -0.3 is 10.2 Å². The zero-order valence-corrected chi connectivity index (χ0v) is 16.0. The number of carbonyl (C=O) groups excluding carboxylic acids is 1. The van der Waals surface area contributed by atoms with Gasteiger partial charge in [0.25, 0.3) is 5.91 Å². The Morgan fingerprint density at radius 1 is 1.21 bits per heavy atom. The number of benzene rings is 1. The van der Waals surface area contributed by atoms with Gasteiger partial charge in [-0.3, -0.25) is 9.59 Å². The Morgan fingerprint density at radius 3 is 2.46 bits per heavy atom. The summed E-state index contributed by atoms with van der Waals surface area (Å²) in [7, 11) is 0. The number of likely N-dealkylation sites (N-methyl/N-ethyl adjacent to an activating group) is 1. The highest BCUT2D eigenvalue weighted by Gasteiger charge is 2.34. The molecule has 152 valence electrons. The van der Waals surface area contributed by atoms with Crippen molar-refractivity contribution in [3.63, 3.8) is 0 Å². The molecule has 0 spiro atoms. The van der Waals surface area contributed by atoms with Gasteiger partial charge in [0.05, 0.1) is 11.3 Å². The number of nitrogens with zero attached hydrogens (tertiary/aromatic N) is 3. The van der Waals surface area contributed by atoms with Gasteiger partial charge in [-0.15, -0.1) is 0 Å². The van der Waals surface area contributed by atoms with Crippen LogP contribution in [-0.4, -0.2) is 46.8 Å². The van der Waals surface area contributed by atoms with Crippen LogP contribution in [0.1, 0.15) is 35.6 Å². The molecule has 0 bridgehead atoms. The molecule has 1 aromatic heterocycles.